The number of aryl methyl sites for hydroxylation is 2. The summed E-state index contributed by atoms with van der Waals surface area (Å²) in [6.07, 6.45) is 0.992. The number of alkyl halides is 1. The zero-order chi connectivity index (χ0) is 20.3. The molecule has 1 N–H and O–H groups in total. The number of halogens is 1. The third-order valence-corrected chi connectivity index (χ3v) is 3.71. The number of aliphatic hydroxyl groups is 1. The maximum atomic E-state index is 9.33. The van der Waals surface area contributed by atoms with E-state index in [1.165, 1.54) is 22.3 Å². The molecule has 2 unspecified atom stereocenters. The van der Waals surface area contributed by atoms with E-state index >= 15 is 0 Å². The second kappa shape index (κ2) is 38.0. The van der Waals surface area contributed by atoms with Crippen LogP contribution in [0.25, 0.3) is 0 Å². The molecule has 2 rings (SSSR count). The average molecular weight is 541 g/mol. The Kier molecular flexibility index (Phi) is 58.8. The molecule has 0 aliphatic carbocycles. The molecular formula is C24H45ClNa2O4P2. The molecule has 9 heteroatoms. The molecule has 0 heterocycles. The first-order chi connectivity index (χ1) is 13.1. The number of aliphatic hydroxyl groups excluding tert-OH is 1. The van der Waals surface area contributed by atoms with Crippen LogP contribution in [0, 0.1) is 13.8 Å². The number of ether oxygens (including phenoxy) is 1. The van der Waals surface area contributed by atoms with Gasteiger partial charge in [-0.3, -0.25) is 0 Å². The fourth-order valence-electron chi connectivity index (χ4n) is 1.78. The molecule has 2 atom stereocenters. The Labute approximate surface area is 259 Å². The first kappa shape index (κ1) is 51.1. The van der Waals surface area contributed by atoms with Crippen LogP contribution < -0.4 is 69.3 Å². The predicted molar refractivity (Wildman–Crippen MR) is 143 cm³/mol. The summed E-state index contributed by atoms with van der Waals surface area (Å²) in [5.74, 6) is 0.611. The predicted octanol–water partition coefficient (Wildman–Crippen LogP) is -1.88. The normalized spacial score (nSPS) is 7.94. The van der Waals surface area contributed by atoms with Gasteiger partial charge < -0.3 is 20.1 Å². The largest absolute Gasteiger partial charge is 1.00 e. The van der Waals surface area contributed by atoms with Gasteiger partial charge in [0.05, 0.1) is 6.61 Å². The van der Waals surface area contributed by atoms with Gasteiger partial charge in [-0.25, -0.2) is 0 Å². The Balaban J connectivity index is -0.0000000607. The second-order valence-electron chi connectivity index (χ2n) is 6.00. The second-order valence-corrected chi connectivity index (χ2v) is 6.26. The topological polar surface area (TPSA) is 75.6 Å². The van der Waals surface area contributed by atoms with E-state index in [-0.39, 0.29) is 120 Å². The minimum absolute atomic E-state index is 0. The van der Waals surface area contributed by atoms with Crippen LogP contribution in [-0.2, 0) is 17.2 Å². The monoisotopic (exact) mass is 540 g/mol. The summed E-state index contributed by atoms with van der Waals surface area (Å²) < 4.78 is 5.34. The SMILES string of the molecule is C.C.Cc1ccc(CCl)cc1.Cc1ccc(COCCCO)cc1.P.P.[Na+].[Na+].[O-]CCC[O-]. The van der Waals surface area contributed by atoms with Gasteiger partial charge in [-0.1, -0.05) is 80.9 Å². The van der Waals surface area contributed by atoms with Crippen LogP contribution >= 0.6 is 31.4 Å². The van der Waals surface area contributed by atoms with E-state index in [2.05, 4.69) is 50.2 Å². The average Bonchev–Trinajstić information content (AvgIpc) is 2.69. The van der Waals surface area contributed by atoms with Crippen molar-refractivity contribution in [1.82, 2.24) is 0 Å². The summed E-state index contributed by atoms with van der Waals surface area (Å²) in [5.41, 5.74) is 4.91. The van der Waals surface area contributed by atoms with Crippen LogP contribution in [-0.4, -0.2) is 31.5 Å². The number of benzene rings is 2. The molecule has 0 saturated heterocycles. The third-order valence-electron chi connectivity index (χ3n) is 3.40. The zero-order valence-electron chi connectivity index (χ0n) is 19.7. The smallest absolute Gasteiger partial charge is 0.854 e. The number of hydrogen-bond acceptors (Lipinski definition) is 4. The summed E-state index contributed by atoms with van der Waals surface area (Å²) in [5, 5.41) is 27.2. The molecule has 0 spiro atoms. The minimum atomic E-state index is -0.219. The molecule has 4 nitrogen and oxygen atoms in total. The summed E-state index contributed by atoms with van der Waals surface area (Å²) in [6.45, 7) is 5.17. The van der Waals surface area contributed by atoms with E-state index in [4.69, 9.17) is 21.4 Å². The summed E-state index contributed by atoms with van der Waals surface area (Å²) in [6, 6.07) is 16.5. The maximum absolute atomic E-state index is 9.33. The molecule has 0 aliphatic rings. The van der Waals surface area contributed by atoms with Gasteiger partial charge in [0.2, 0.25) is 0 Å². The van der Waals surface area contributed by atoms with Crippen molar-refractivity contribution in [2.45, 2.75) is 54.0 Å². The molecule has 0 radical (unpaired) electrons. The van der Waals surface area contributed by atoms with Crippen LogP contribution in [0.4, 0.5) is 0 Å². The maximum Gasteiger partial charge on any atom is 1.00 e. The van der Waals surface area contributed by atoms with Crippen LogP contribution in [0.5, 0.6) is 0 Å². The van der Waals surface area contributed by atoms with E-state index in [1.807, 2.05) is 12.1 Å². The number of rotatable bonds is 8. The molecule has 0 bridgehead atoms. The molecular weight excluding hydrogens is 496 g/mol. The zero-order valence-corrected chi connectivity index (χ0v) is 27.3. The van der Waals surface area contributed by atoms with Crippen molar-refractivity contribution in [3.8, 4) is 0 Å². The van der Waals surface area contributed by atoms with Gasteiger partial charge >= 0.3 is 59.1 Å². The standard InChI is InChI=1S/C11H16O2.C8H9Cl.C3H6O2.2CH4.2Na.2H3P/c1-10-3-5-11(6-4-10)9-13-8-2-7-12;1-7-2-4-8(6-9)5-3-7;4-2-1-3-5;;;;;;/h3-6,12H,2,7-9H2,1H3;2-5H,6H2,1H3;1-3H2;2*1H4;;;2*1H3/q;;-2;;;2*+1;;. The summed E-state index contributed by atoms with van der Waals surface area (Å²) in [4.78, 5) is 0. The third kappa shape index (κ3) is 33.4. The Bertz CT molecular complexity index is 576. The van der Waals surface area contributed by atoms with Crippen LogP contribution in [0.3, 0.4) is 0 Å². The van der Waals surface area contributed by atoms with Crippen LogP contribution in [0.2, 0.25) is 0 Å². The molecule has 184 valence electrons. The van der Waals surface area contributed by atoms with Crippen molar-refractivity contribution < 1.29 is 79.2 Å². The van der Waals surface area contributed by atoms with Gasteiger partial charge in [0.1, 0.15) is 0 Å². The minimum Gasteiger partial charge on any atom is -0.854 e. The van der Waals surface area contributed by atoms with Gasteiger partial charge in [0.25, 0.3) is 0 Å². The molecule has 0 aromatic heterocycles. The fourth-order valence-corrected chi connectivity index (χ4v) is 1.96. The molecule has 2 aromatic carbocycles. The van der Waals surface area contributed by atoms with E-state index in [0.29, 0.717) is 25.5 Å². The van der Waals surface area contributed by atoms with Crippen molar-refractivity contribution in [3.63, 3.8) is 0 Å². The van der Waals surface area contributed by atoms with Crippen molar-refractivity contribution in [1.29, 1.82) is 0 Å². The van der Waals surface area contributed by atoms with Crippen LogP contribution in [0.15, 0.2) is 48.5 Å². The molecule has 0 fully saturated rings. The molecule has 2 aromatic rings. The fraction of sp³-hybridized carbons (Fsp3) is 0.500. The van der Waals surface area contributed by atoms with Crippen LogP contribution in [0.1, 0.15) is 49.9 Å². The molecule has 33 heavy (non-hydrogen) atoms. The van der Waals surface area contributed by atoms with Gasteiger partial charge in [-0.2, -0.15) is 19.8 Å². The van der Waals surface area contributed by atoms with E-state index < -0.39 is 0 Å². The van der Waals surface area contributed by atoms with Crippen molar-refractivity contribution in [2.75, 3.05) is 26.4 Å². The van der Waals surface area contributed by atoms with Crippen molar-refractivity contribution in [3.05, 3.63) is 70.8 Å². The van der Waals surface area contributed by atoms with Gasteiger partial charge in [-0.05, 0) is 31.4 Å². The Morgan fingerprint density at radius 1 is 0.758 bits per heavy atom. The summed E-state index contributed by atoms with van der Waals surface area (Å²) >= 11 is 5.58. The van der Waals surface area contributed by atoms with Crippen molar-refractivity contribution in [2.24, 2.45) is 0 Å². The van der Waals surface area contributed by atoms with Gasteiger partial charge in [-0.15, -0.1) is 24.8 Å². The molecule has 0 aliphatic heterocycles. The Morgan fingerprint density at radius 2 is 1.15 bits per heavy atom. The molecule has 0 saturated carbocycles. The van der Waals surface area contributed by atoms with E-state index in [1.54, 1.807) is 0 Å². The quantitative estimate of drug-likeness (QED) is 0.184. The summed E-state index contributed by atoms with van der Waals surface area (Å²) in [7, 11) is 0. The molecule has 0 amide bonds. The number of hydrogen-bond donors (Lipinski definition) is 1. The van der Waals surface area contributed by atoms with Crippen molar-refractivity contribution >= 4 is 31.4 Å². The van der Waals surface area contributed by atoms with E-state index in [0.717, 1.165) is 0 Å². The van der Waals surface area contributed by atoms with Gasteiger partial charge in [0.15, 0.2) is 0 Å². The first-order valence-electron chi connectivity index (χ1n) is 9.09. The van der Waals surface area contributed by atoms with Gasteiger partial charge in [0, 0.05) is 19.1 Å². The Morgan fingerprint density at radius 3 is 1.45 bits per heavy atom. The first-order valence-corrected chi connectivity index (χ1v) is 9.62. The Hall–Kier alpha value is 1.43. The van der Waals surface area contributed by atoms with E-state index in [9.17, 15) is 10.2 Å².